The maximum atomic E-state index is 13.0. The third-order valence-corrected chi connectivity index (χ3v) is 5.40. The number of anilines is 1. The molecule has 128 valence electrons. The lowest BCUT2D eigenvalue weighted by atomic mass is 10.2. The number of ether oxygens (including phenoxy) is 2. The highest BCUT2D eigenvalue weighted by Gasteiger charge is 2.26. The minimum atomic E-state index is -3.80. The Kier molecular flexibility index (Phi) is 5.75. The molecule has 0 saturated carbocycles. The molecule has 2 aromatic carbocycles. The molecule has 2 aromatic rings. The summed E-state index contributed by atoms with van der Waals surface area (Å²) < 4.78 is 37.7. The molecule has 0 amide bonds. The highest BCUT2D eigenvalue weighted by Crippen LogP contribution is 2.35. The summed E-state index contributed by atoms with van der Waals surface area (Å²) in [6, 6.07) is 10.9. The highest BCUT2D eigenvalue weighted by molar-refractivity contribution is 7.92. The van der Waals surface area contributed by atoms with E-state index in [9.17, 15) is 8.42 Å². The van der Waals surface area contributed by atoms with Crippen molar-refractivity contribution in [2.45, 2.75) is 4.90 Å². The van der Waals surface area contributed by atoms with Crippen LogP contribution < -0.4 is 13.8 Å². The van der Waals surface area contributed by atoms with Gasteiger partial charge in [-0.2, -0.15) is 0 Å². The first kappa shape index (κ1) is 18.2. The van der Waals surface area contributed by atoms with Crippen molar-refractivity contribution < 1.29 is 17.9 Å². The van der Waals surface area contributed by atoms with Crippen LogP contribution in [-0.2, 0) is 10.0 Å². The van der Waals surface area contributed by atoms with Crippen LogP contribution in [0.5, 0.6) is 11.5 Å². The van der Waals surface area contributed by atoms with Crippen LogP contribution in [0.25, 0.3) is 0 Å². The molecule has 0 N–H and O–H groups in total. The quantitative estimate of drug-likeness (QED) is 0.699. The van der Waals surface area contributed by atoms with E-state index >= 15 is 0 Å². The zero-order valence-electron chi connectivity index (χ0n) is 13.4. The van der Waals surface area contributed by atoms with E-state index in [1.807, 2.05) is 0 Å². The maximum Gasteiger partial charge on any atom is 0.264 e. The van der Waals surface area contributed by atoms with Crippen molar-refractivity contribution in [1.82, 2.24) is 0 Å². The Morgan fingerprint density at radius 3 is 2.33 bits per heavy atom. The molecule has 0 aliphatic heterocycles. The largest absolute Gasteiger partial charge is 0.497 e. The second kappa shape index (κ2) is 7.59. The molecule has 0 spiro atoms. The van der Waals surface area contributed by atoms with Crippen LogP contribution in [-0.4, -0.2) is 29.2 Å². The van der Waals surface area contributed by atoms with E-state index in [2.05, 4.69) is 6.58 Å². The molecular formula is C17H18ClNO4S. The first-order valence-corrected chi connectivity index (χ1v) is 8.87. The van der Waals surface area contributed by atoms with Crippen molar-refractivity contribution in [3.8, 4) is 11.5 Å². The summed E-state index contributed by atoms with van der Waals surface area (Å²) in [6.45, 7) is 3.73. The normalized spacial score (nSPS) is 11.0. The van der Waals surface area contributed by atoms with Crippen LogP contribution in [0.1, 0.15) is 0 Å². The molecule has 0 radical (unpaired) electrons. The van der Waals surface area contributed by atoms with Gasteiger partial charge in [-0.3, -0.25) is 4.31 Å². The van der Waals surface area contributed by atoms with Gasteiger partial charge >= 0.3 is 0 Å². The number of hydrogen-bond donors (Lipinski definition) is 0. The molecule has 24 heavy (non-hydrogen) atoms. The topological polar surface area (TPSA) is 55.8 Å². The molecule has 0 bridgehead atoms. The number of sulfonamides is 1. The van der Waals surface area contributed by atoms with Crippen molar-refractivity contribution in [1.29, 1.82) is 0 Å². The van der Waals surface area contributed by atoms with Crippen molar-refractivity contribution in [3.05, 3.63) is 60.1 Å². The van der Waals surface area contributed by atoms with Gasteiger partial charge in [0.2, 0.25) is 0 Å². The minimum Gasteiger partial charge on any atom is -0.497 e. The Hall–Kier alpha value is -2.18. The number of nitrogens with zero attached hydrogens (tertiary/aromatic N) is 1. The Balaban J connectivity index is 2.57. The molecule has 0 unspecified atom stereocenters. The third-order valence-electron chi connectivity index (χ3n) is 3.35. The van der Waals surface area contributed by atoms with E-state index in [0.717, 1.165) is 0 Å². The molecule has 0 atom stereocenters. The van der Waals surface area contributed by atoms with Crippen molar-refractivity contribution in [3.63, 3.8) is 0 Å². The Morgan fingerprint density at radius 1 is 1.12 bits per heavy atom. The van der Waals surface area contributed by atoms with Gasteiger partial charge in [0.1, 0.15) is 11.5 Å². The smallest absolute Gasteiger partial charge is 0.264 e. The van der Waals surface area contributed by atoms with Crippen LogP contribution >= 0.6 is 11.6 Å². The predicted molar refractivity (Wildman–Crippen MR) is 95.7 cm³/mol. The van der Waals surface area contributed by atoms with Gasteiger partial charge in [-0.15, -0.1) is 6.58 Å². The Bertz CT molecular complexity index is 819. The summed E-state index contributed by atoms with van der Waals surface area (Å²) in [7, 11) is -0.803. The van der Waals surface area contributed by atoms with E-state index in [4.69, 9.17) is 21.1 Å². The van der Waals surface area contributed by atoms with Gasteiger partial charge in [-0.25, -0.2) is 8.42 Å². The first-order chi connectivity index (χ1) is 11.4. The molecule has 0 fully saturated rings. The van der Waals surface area contributed by atoms with E-state index < -0.39 is 10.0 Å². The lowest BCUT2D eigenvalue weighted by Crippen LogP contribution is -2.31. The van der Waals surface area contributed by atoms with Gasteiger partial charge in [0.05, 0.1) is 31.3 Å². The average molecular weight is 368 g/mol. The van der Waals surface area contributed by atoms with Crippen LogP contribution in [0, 0.1) is 0 Å². The second-order valence-electron chi connectivity index (χ2n) is 4.82. The van der Waals surface area contributed by atoms with Crippen molar-refractivity contribution >= 4 is 27.3 Å². The van der Waals surface area contributed by atoms with Gasteiger partial charge in [0.15, 0.2) is 0 Å². The molecule has 0 saturated heterocycles. The number of methoxy groups -OCH3 is 2. The predicted octanol–water partition coefficient (Wildman–Crippen LogP) is 3.74. The number of benzene rings is 2. The summed E-state index contributed by atoms with van der Waals surface area (Å²) >= 11 is 5.84. The summed E-state index contributed by atoms with van der Waals surface area (Å²) in [5, 5.41) is 0.464. The van der Waals surface area contributed by atoms with Crippen molar-refractivity contribution in [2.24, 2.45) is 0 Å². The molecule has 5 nitrogen and oxygen atoms in total. The fourth-order valence-electron chi connectivity index (χ4n) is 2.17. The zero-order valence-corrected chi connectivity index (χ0v) is 15.0. The van der Waals surface area contributed by atoms with Crippen LogP contribution in [0.15, 0.2) is 60.0 Å². The summed E-state index contributed by atoms with van der Waals surface area (Å²) in [6.07, 6.45) is 1.51. The number of rotatable bonds is 7. The maximum absolute atomic E-state index is 13.0. The van der Waals surface area contributed by atoms with E-state index in [-0.39, 0.29) is 11.4 Å². The van der Waals surface area contributed by atoms with Gasteiger partial charge in [-0.05, 0) is 36.4 Å². The van der Waals surface area contributed by atoms with E-state index in [1.54, 1.807) is 18.2 Å². The van der Waals surface area contributed by atoms with E-state index in [1.165, 1.54) is 48.9 Å². The lowest BCUT2D eigenvalue weighted by molar-refractivity contribution is 0.395. The average Bonchev–Trinajstić information content (AvgIpc) is 2.59. The fraction of sp³-hybridized carbons (Fsp3) is 0.176. The van der Waals surface area contributed by atoms with Crippen molar-refractivity contribution in [2.75, 3.05) is 25.1 Å². The summed E-state index contributed by atoms with van der Waals surface area (Å²) in [5.41, 5.74) is 0.396. The molecule has 0 aliphatic rings. The second-order valence-corrected chi connectivity index (χ2v) is 7.12. The standard InChI is InChI=1S/C17H18ClNO4S/c1-4-11-19(16-10-7-14(22-2)12-17(16)23-3)24(20,21)15-8-5-13(18)6-9-15/h4-10,12H,1,11H2,2-3H3. The number of hydrogen-bond acceptors (Lipinski definition) is 4. The molecule has 7 heteroatoms. The zero-order chi connectivity index (χ0) is 17.7. The summed E-state index contributed by atoms with van der Waals surface area (Å²) in [5.74, 6) is 0.951. The molecule has 0 heterocycles. The molecule has 0 aromatic heterocycles. The molecular weight excluding hydrogens is 350 g/mol. The highest BCUT2D eigenvalue weighted by atomic mass is 35.5. The van der Waals surface area contributed by atoms with E-state index in [0.29, 0.717) is 22.2 Å². The lowest BCUT2D eigenvalue weighted by Gasteiger charge is -2.25. The first-order valence-electron chi connectivity index (χ1n) is 7.05. The van der Waals surface area contributed by atoms with Crippen LogP contribution in [0.2, 0.25) is 5.02 Å². The van der Waals surface area contributed by atoms with Crippen LogP contribution in [0.4, 0.5) is 5.69 Å². The molecule has 0 aliphatic carbocycles. The summed E-state index contributed by atoms with van der Waals surface area (Å²) in [4.78, 5) is 0.131. The Labute approximate surface area is 147 Å². The Morgan fingerprint density at radius 2 is 1.79 bits per heavy atom. The van der Waals surface area contributed by atoms with Gasteiger partial charge in [0.25, 0.3) is 10.0 Å². The van der Waals surface area contributed by atoms with Crippen LogP contribution in [0.3, 0.4) is 0 Å². The molecule has 2 rings (SSSR count). The third kappa shape index (κ3) is 3.66. The minimum absolute atomic E-state index is 0.0909. The van der Waals surface area contributed by atoms with Gasteiger partial charge in [-0.1, -0.05) is 17.7 Å². The monoisotopic (exact) mass is 367 g/mol. The van der Waals surface area contributed by atoms with Gasteiger partial charge in [0, 0.05) is 11.1 Å². The fourth-order valence-corrected chi connectivity index (χ4v) is 3.74. The SMILES string of the molecule is C=CCN(c1ccc(OC)cc1OC)S(=O)(=O)c1ccc(Cl)cc1. The van der Waals surface area contributed by atoms with Gasteiger partial charge < -0.3 is 9.47 Å². The number of halogens is 1.